The van der Waals surface area contributed by atoms with Crippen molar-refractivity contribution in [3.05, 3.63) is 62.6 Å². The third-order valence-electron chi connectivity index (χ3n) is 6.33. The van der Waals surface area contributed by atoms with Crippen molar-refractivity contribution in [3.63, 3.8) is 0 Å². The number of sulfonamides is 1. The van der Waals surface area contributed by atoms with E-state index in [2.05, 4.69) is 5.32 Å². The molecule has 0 radical (unpaired) electrons. The number of carbonyl (C=O) groups is 2. The highest BCUT2D eigenvalue weighted by molar-refractivity contribution is 7.92. The fourth-order valence-corrected chi connectivity index (χ4v) is 5.50. The van der Waals surface area contributed by atoms with Crippen LogP contribution in [0.25, 0.3) is 0 Å². The Morgan fingerprint density at radius 1 is 1.03 bits per heavy atom. The second-order valence-electron chi connectivity index (χ2n) is 9.14. The first-order chi connectivity index (χ1) is 16.9. The van der Waals surface area contributed by atoms with Crippen LogP contribution in [0.4, 0.5) is 5.69 Å². The Hall–Kier alpha value is -2.00. The van der Waals surface area contributed by atoms with E-state index in [1.54, 1.807) is 44.2 Å². The second kappa shape index (κ2) is 12.0. The molecule has 0 aliphatic heterocycles. The lowest BCUT2D eigenvalue weighted by Crippen LogP contribution is -2.52. The average Bonchev–Trinajstić information content (AvgIpc) is 3.31. The van der Waals surface area contributed by atoms with Crippen LogP contribution < -0.4 is 9.62 Å². The quantitative estimate of drug-likeness (QED) is 0.446. The van der Waals surface area contributed by atoms with Gasteiger partial charge in [-0.05, 0) is 62.1 Å². The van der Waals surface area contributed by atoms with Gasteiger partial charge in [0.1, 0.15) is 12.6 Å². The molecule has 1 aliphatic rings. The molecule has 2 amide bonds. The largest absolute Gasteiger partial charge is 0.352 e. The maximum absolute atomic E-state index is 13.6. The van der Waals surface area contributed by atoms with Crippen molar-refractivity contribution < 1.29 is 18.0 Å². The van der Waals surface area contributed by atoms with Crippen molar-refractivity contribution in [1.82, 2.24) is 10.2 Å². The molecule has 1 fully saturated rings. The molecule has 11 heteroatoms. The zero-order valence-corrected chi connectivity index (χ0v) is 23.5. The van der Waals surface area contributed by atoms with E-state index in [1.807, 2.05) is 0 Å². The molecule has 0 saturated heterocycles. The van der Waals surface area contributed by atoms with E-state index in [-0.39, 0.29) is 24.2 Å². The fraction of sp³-hybridized carbons (Fsp3) is 0.440. The number of halogens is 3. The molecule has 196 valence electrons. The van der Waals surface area contributed by atoms with Gasteiger partial charge in [0.15, 0.2) is 0 Å². The zero-order chi connectivity index (χ0) is 26.6. The van der Waals surface area contributed by atoms with Gasteiger partial charge in [-0.3, -0.25) is 13.9 Å². The van der Waals surface area contributed by atoms with E-state index in [0.717, 1.165) is 41.8 Å². The standard InChI is InChI=1S/C25H30Cl3N3O4S/c1-16-8-10-20(13-22(16)27)31(36(3,34)35)15-24(32)30(14-18-9-11-21(26)23(28)12-18)17(2)25(33)29-19-6-4-5-7-19/h8-13,17,19H,4-7,14-15H2,1-3H3,(H,29,33). The van der Waals surface area contributed by atoms with Gasteiger partial charge in [0.25, 0.3) is 0 Å². The lowest BCUT2D eigenvalue weighted by Gasteiger charge is -2.32. The van der Waals surface area contributed by atoms with Crippen molar-refractivity contribution in [2.75, 3.05) is 17.1 Å². The normalized spacial score (nSPS) is 14.9. The van der Waals surface area contributed by atoms with Crippen molar-refractivity contribution in [1.29, 1.82) is 0 Å². The lowest BCUT2D eigenvalue weighted by molar-refractivity contribution is -0.139. The molecule has 0 spiro atoms. The van der Waals surface area contributed by atoms with E-state index >= 15 is 0 Å². The van der Waals surface area contributed by atoms with Gasteiger partial charge in [-0.15, -0.1) is 0 Å². The molecular weight excluding hydrogens is 545 g/mol. The van der Waals surface area contributed by atoms with Crippen LogP contribution in [0, 0.1) is 6.92 Å². The zero-order valence-electron chi connectivity index (χ0n) is 20.4. The number of benzene rings is 2. The summed E-state index contributed by atoms with van der Waals surface area (Å²) in [5.41, 5.74) is 1.69. The number of aryl methyl sites for hydroxylation is 1. The summed E-state index contributed by atoms with van der Waals surface area (Å²) in [5, 5.41) is 4.08. The van der Waals surface area contributed by atoms with Gasteiger partial charge < -0.3 is 10.2 Å². The molecule has 1 unspecified atom stereocenters. The number of hydrogen-bond acceptors (Lipinski definition) is 4. The Bertz CT molecular complexity index is 1230. The summed E-state index contributed by atoms with van der Waals surface area (Å²) in [6, 6.07) is 8.96. The minimum absolute atomic E-state index is 0.0429. The maximum Gasteiger partial charge on any atom is 0.244 e. The number of nitrogens with zero attached hydrogens (tertiary/aromatic N) is 2. The Morgan fingerprint density at radius 3 is 2.28 bits per heavy atom. The maximum atomic E-state index is 13.6. The minimum atomic E-state index is -3.84. The molecule has 36 heavy (non-hydrogen) atoms. The second-order valence-corrected chi connectivity index (χ2v) is 12.3. The molecule has 1 atom stereocenters. The van der Waals surface area contributed by atoms with Crippen LogP contribution in [-0.4, -0.2) is 50.0 Å². The fourth-order valence-electron chi connectivity index (χ4n) is 4.16. The van der Waals surface area contributed by atoms with Crippen molar-refractivity contribution in [3.8, 4) is 0 Å². The summed E-state index contributed by atoms with van der Waals surface area (Å²) in [6.07, 6.45) is 4.92. The Morgan fingerprint density at radius 2 is 1.69 bits per heavy atom. The van der Waals surface area contributed by atoms with E-state index in [4.69, 9.17) is 34.8 Å². The SMILES string of the molecule is Cc1ccc(N(CC(=O)N(Cc2ccc(Cl)c(Cl)c2)C(C)C(=O)NC2CCCC2)S(C)(=O)=O)cc1Cl. The highest BCUT2D eigenvalue weighted by Gasteiger charge is 2.31. The van der Waals surface area contributed by atoms with Gasteiger partial charge >= 0.3 is 0 Å². The summed E-state index contributed by atoms with van der Waals surface area (Å²) < 4.78 is 26.3. The van der Waals surface area contributed by atoms with E-state index in [0.29, 0.717) is 20.6 Å². The van der Waals surface area contributed by atoms with E-state index < -0.39 is 28.5 Å². The Balaban J connectivity index is 1.91. The monoisotopic (exact) mass is 573 g/mol. The lowest BCUT2D eigenvalue weighted by atomic mass is 10.1. The average molecular weight is 575 g/mol. The first-order valence-electron chi connectivity index (χ1n) is 11.6. The molecule has 2 aromatic rings. The van der Waals surface area contributed by atoms with Crippen molar-refractivity contribution in [2.24, 2.45) is 0 Å². The third kappa shape index (κ3) is 7.28. The topological polar surface area (TPSA) is 86.8 Å². The van der Waals surface area contributed by atoms with Crippen LogP contribution in [0.15, 0.2) is 36.4 Å². The molecule has 2 aromatic carbocycles. The summed E-state index contributed by atoms with van der Waals surface area (Å²) in [4.78, 5) is 28.1. The molecule has 0 bridgehead atoms. The van der Waals surface area contributed by atoms with Gasteiger partial charge in [-0.2, -0.15) is 0 Å². The molecular formula is C25H30Cl3N3O4S. The van der Waals surface area contributed by atoms with Crippen molar-refractivity contribution >= 4 is 62.3 Å². The predicted octanol–water partition coefficient (Wildman–Crippen LogP) is 5.20. The van der Waals surface area contributed by atoms with Gasteiger partial charge in [0.05, 0.1) is 22.0 Å². The summed E-state index contributed by atoms with van der Waals surface area (Å²) >= 11 is 18.4. The molecule has 3 rings (SSSR count). The molecule has 7 nitrogen and oxygen atoms in total. The van der Waals surface area contributed by atoms with Crippen LogP contribution in [0.2, 0.25) is 15.1 Å². The van der Waals surface area contributed by atoms with Gasteiger partial charge in [-0.25, -0.2) is 8.42 Å². The van der Waals surface area contributed by atoms with Gasteiger partial charge in [0, 0.05) is 17.6 Å². The smallest absolute Gasteiger partial charge is 0.244 e. The minimum Gasteiger partial charge on any atom is -0.352 e. The Kier molecular flexibility index (Phi) is 9.55. The van der Waals surface area contributed by atoms with Crippen molar-refractivity contribution in [2.45, 2.75) is 58.2 Å². The number of nitrogens with one attached hydrogen (secondary N) is 1. The van der Waals surface area contributed by atoms with Crippen LogP contribution in [0.1, 0.15) is 43.7 Å². The highest BCUT2D eigenvalue weighted by Crippen LogP contribution is 2.27. The van der Waals surface area contributed by atoms with Crippen LogP contribution in [0.5, 0.6) is 0 Å². The number of amides is 2. The third-order valence-corrected chi connectivity index (χ3v) is 8.62. The Labute approximate surface area is 227 Å². The summed E-state index contributed by atoms with van der Waals surface area (Å²) in [7, 11) is -3.84. The molecule has 0 aromatic heterocycles. The van der Waals surface area contributed by atoms with Crippen LogP contribution in [-0.2, 0) is 26.2 Å². The van der Waals surface area contributed by atoms with Crippen LogP contribution >= 0.6 is 34.8 Å². The first kappa shape index (κ1) is 28.6. The number of rotatable bonds is 9. The number of hydrogen-bond donors (Lipinski definition) is 1. The van der Waals surface area contributed by atoms with Crippen LogP contribution in [0.3, 0.4) is 0 Å². The molecule has 0 heterocycles. The van der Waals surface area contributed by atoms with Gasteiger partial charge in [-0.1, -0.05) is 59.8 Å². The highest BCUT2D eigenvalue weighted by atomic mass is 35.5. The summed E-state index contributed by atoms with van der Waals surface area (Å²) in [6.45, 7) is 2.97. The van der Waals surface area contributed by atoms with E-state index in [1.165, 1.54) is 11.0 Å². The summed E-state index contributed by atoms with van der Waals surface area (Å²) in [5.74, 6) is -0.836. The molecule has 1 aliphatic carbocycles. The number of carbonyl (C=O) groups excluding carboxylic acids is 2. The number of anilines is 1. The molecule has 1 saturated carbocycles. The predicted molar refractivity (Wildman–Crippen MR) is 145 cm³/mol. The first-order valence-corrected chi connectivity index (χ1v) is 14.6. The van der Waals surface area contributed by atoms with Gasteiger partial charge in [0.2, 0.25) is 21.8 Å². The van der Waals surface area contributed by atoms with E-state index in [9.17, 15) is 18.0 Å². The molecule has 1 N–H and O–H groups in total.